The van der Waals surface area contributed by atoms with Crippen LogP contribution in [0.5, 0.6) is 5.75 Å². The van der Waals surface area contributed by atoms with Crippen molar-refractivity contribution < 1.29 is 5.11 Å². The van der Waals surface area contributed by atoms with Gasteiger partial charge >= 0.3 is 0 Å². The van der Waals surface area contributed by atoms with Crippen molar-refractivity contribution in [2.45, 2.75) is 24.3 Å². The Balaban J connectivity index is 1.65. The standard InChI is InChI=1S/C23H24N2OS/c24-23(27-22-11-5-2-6-12-22)25(18-20-13-15-21(26)16-14-20)17-7-10-19-8-3-1-4-9-19/h1-6,8-9,11-16,24,26H,7,10,17-18H2. The average molecular weight is 377 g/mol. The highest BCUT2D eigenvalue weighted by atomic mass is 32.2. The van der Waals surface area contributed by atoms with E-state index in [2.05, 4.69) is 29.2 Å². The molecule has 4 heteroatoms. The van der Waals surface area contributed by atoms with Crippen LogP contribution in [-0.4, -0.2) is 21.7 Å². The first kappa shape index (κ1) is 19.1. The Hall–Kier alpha value is -2.72. The zero-order valence-electron chi connectivity index (χ0n) is 15.2. The molecular formula is C23H24N2OS. The van der Waals surface area contributed by atoms with E-state index < -0.39 is 0 Å². The molecule has 0 saturated carbocycles. The van der Waals surface area contributed by atoms with E-state index in [9.17, 15) is 5.11 Å². The Labute approximate surface area is 165 Å². The molecule has 27 heavy (non-hydrogen) atoms. The SMILES string of the molecule is N=C(Sc1ccccc1)N(CCCc1ccccc1)Cc1ccc(O)cc1. The normalized spacial score (nSPS) is 10.5. The van der Waals surface area contributed by atoms with Gasteiger partial charge in [0.15, 0.2) is 5.17 Å². The van der Waals surface area contributed by atoms with Gasteiger partial charge in [0.25, 0.3) is 0 Å². The van der Waals surface area contributed by atoms with Crippen molar-refractivity contribution in [2.24, 2.45) is 0 Å². The first-order valence-electron chi connectivity index (χ1n) is 9.09. The molecule has 0 aliphatic rings. The molecule has 0 aliphatic carbocycles. The molecule has 0 spiro atoms. The fraction of sp³-hybridized carbons (Fsp3) is 0.174. The largest absolute Gasteiger partial charge is 0.508 e. The first-order valence-corrected chi connectivity index (χ1v) is 9.90. The minimum absolute atomic E-state index is 0.267. The van der Waals surface area contributed by atoms with Crippen LogP contribution in [0, 0.1) is 5.41 Å². The van der Waals surface area contributed by atoms with E-state index in [0.717, 1.165) is 29.8 Å². The fourth-order valence-electron chi connectivity index (χ4n) is 2.86. The summed E-state index contributed by atoms with van der Waals surface area (Å²) >= 11 is 1.48. The fourth-order valence-corrected chi connectivity index (χ4v) is 3.66. The van der Waals surface area contributed by atoms with E-state index in [4.69, 9.17) is 5.41 Å². The van der Waals surface area contributed by atoms with Crippen LogP contribution in [0.2, 0.25) is 0 Å². The number of benzene rings is 3. The Morgan fingerprint density at radius 2 is 1.44 bits per heavy atom. The van der Waals surface area contributed by atoms with Crippen LogP contribution >= 0.6 is 11.8 Å². The minimum atomic E-state index is 0.267. The summed E-state index contributed by atoms with van der Waals surface area (Å²) in [6.07, 6.45) is 1.98. The van der Waals surface area contributed by atoms with Crippen LogP contribution in [0.3, 0.4) is 0 Å². The highest BCUT2D eigenvalue weighted by Crippen LogP contribution is 2.22. The van der Waals surface area contributed by atoms with Gasteiger partial charge in [-0.3, -0.25) is 5.41 Å². The summed E-state index contributed by atoms with van der Waals surface area (Å²) < 4.78 is 0. The van der Waals surface area contributed by atoms with Crippen molar-refractivity contribution in [1.29, 1.82) is 5.41 Å². The number of aryl methyl sites for hydroxylation is 1. The maximum Gasteiger partial charge on any atom is 0.161 e. The molecule has 138 valence electrons. The number of nitrogens with one attached hydrogen (secondary N) is 1. The number of phenolic OH excluding ortho intramolecular Hbond substituents is 1. The number of hydrogen-bond donors (Lipinski definition) is 2. The van der Waals surface area contributed by atoms with Crippen molar-refractivity contribution in [3.63, 3.8) is 0 Å². The van der Waals surface area contributed by atoms with E-state index in [0.29, 0.717) is 11.7 Å². The predicted molar refractivity (Wildman–Crippen MR) is 113 cm³/mol. The number of thioether (sulfide) groups is 1. The van der Waals surface area contributed by atoms with E-state index in [-0.39, 0.29) is 5.75 Å². The van der Waals surface area contributed by atoms with Gasteiger partial charge in [0, 0.05) is 18.0 Å². The van der Waals surface area contributed by atoms with Crippen LogP contribution < -0.4 is 0 Å². The van der Waals surface area contributed by atoms with Gasteiger partial charge in [0.05, 0.1) is 0 Å². The van der Waals surface area contributed by atoms with Crippen molar-refractivity contribution in [2.75, 3.05) is 6.54 Å². The Morgan fingerprint density at radius 3 is 2.11 bits per heavy atom. The van der Waals surface area contributed by atoms with Gasteiger partial charge in [-0.2, -0.15) is 0 Å². The van der Waals surface area contributed by atoms with E-state index in [1.165, 1.54) is 17.3 Å². The lowest BCUT2D eigenvalue weighted by atomic mass is 10.1. The Morgan fingerprint density at radius 1 is 0.815 bits per heavy atom. The molecule has 0 atom stereocenters. The number of amidine groups is 1. The molecule has 3 nitrogen and oxygen atoms in total. The Bertz CT molecular complexity index is 835. The van der Waals surface area contributed by atoms with E-state index in [1.54, 1.807) is 12.1 Å². The molecule has 0 radical (unpaired) electrons. The molecule has 0 saturated heterocycles. The summed E-state index contributed by atoms with van der Waals surface area (Å²) in [5.41, 5.74) is 2.41. The van der Waals surface area contributed by atoms with Crippen molar-refractivity contribution in [1.82, 2.24) is 4.90 Å². The van der Waals surface area contributed by atoms with E-state index in [1.807, 2.05) is 48.5 Å². The van der Waals surface area contributed by atoms with Gasteiger partial charge in [-0.25, -0.2) is 0 Å². The number of hydrogen-bond acceptors (Lipinski definition) is 3. The zero-order chi connectivity index (χ0) is 18.9. The van der Waals surface area contributed by atoms with Crippen LogP contribution in [0.4, 0.5) is 0 Å². The lowest BCUT2D eigenvalue weighted by Gasteiger charge is -2.25. The lowest BCUT2D eigenvalue weighted by molar-refractivity contribution is 0.409. The summed E-state index contributed by atoms with van der Waals surface area (Å²) in [7, 11) is 0. The smallest absolute Gasteiger partial charge is 0.161 e. The third-order valence-electron chi connectivity index (χ3n) is 4.29. The molecule has 0 bridgehead atoms. The highest BCUT2D eigenvalue weighted by Gasteiger charge is 2.12. The van der Waals surface area contributed by atoms with Gasteiger partial charge in [-0.05, 0) is 48.2 Å². The quantitative estimate of drug-likeness (QED) is 0.323. The van der Waals surface area contributed by atoms with Crippen LogP contribution in [-0.2, 0) is 13.0 Å². The van der Waals surface area contributed by atoms with Gasteiger partial charge in [0.1, 0.15) is 5.75 Å². The molecule has 0 unspecified atom stereocenters. The maximum atomic E-state index is 9.50. The first-order chi connectivity index (χ1) is 13.2. The minimum Gasteiger partial charge on any atom is -0.508 e. The summed E-state index contributed by atoms with van der Waals surface area (Å²) in [5, 5.41) is 18.6. The van der Waals surface area contributed by atoms with Gasteiger partial charge in [0.2, 0.25) is 0 Å². The van der Waals surface area contributed by atoms with E-state index >= 15 is 0 Å². The molecule has 0 fully saturated rings. The molecule has 0 aliphatic heterocycles. The van der Waals surface area contributed by atoms with Crippen molar-refractivity contribution in [3.05, 3.63) is 96.1 Å². The third-order valence-corrected chi connectivity index (χ3v) is 5.25. The summed E-state index contributed by atoms with van der Waals surface area (Å²) in [6, 6.07) is 27.7. The molecule has 3 aromatic rings. The summed E-state index contributed by atoms with van der Waals surface area (Å²) in [4.78, 5) is 3.17. The Kier molecular flexibility index (Phi) is 6.94. The molecule has 0 aromatic heterocycles. The van der Waals surface area contributed by atoms with Crippen LogP contribution in [0.1, 0.15) is 17.5 Å². The second-order valence-corrected chi connectivity index (χ2v) is 7.46. The monoisotopic (exact) mass is 376 g/mol. The molecule has 0 heterocycles. The summed E-state index contributed by atoms with van der Waals surface area (Å²) in [5.74, 6) is 0.267. The highest BCUT2D eigenvalue weighted by molar-refractivity contribution is 8.13. The van der Waals surface area contributed by atoms with Crippen molar-refractivity contribution >= 4 is 16.9 Å². The topological polar surface area (TPSA) is 47.3 Å². The number of aromatic hydroxyl groups is 1. The molecule has 2 N–H and O–H groups in total. The summed E-state index contributed by atoms with van der Waals surface area (Å²) in [6.45, 7) is 1.47. The van der Waals surface area contributed by atoms with Crippen LogP contribution in [0.15, 0.2) is 89.8 Å². The van der Waals surface area contributed by atoms with Gasteiger partial charge in [-0.1, -0.05) is 72.4 Å². The lowest BCUT2D eigenvalue weighted by Crippen LogP contribution is -2.29. The second-order valence-electron chi connectivity index (χ2n) is 6.40. The average Bonchev–Trinajstić information content (AvgIpc) is 2.70. The van der Waals surface area contributed by atoms with Gasteiger partial charge < -0.3 is 10.0 Å². The molecule has 3 aromatic carbocycles. The zero-order valence-corrected chi connectivity index (χ0v) is 16.0. The maximum absolute atomic E-state index is 9.50. The number of rotatable bonds is 7. The predicted octanol–water partition coefficient (Wildman–Crippen LogP) is 5.55. The molecule has 3 rings (SSSR count). The third kappa shape index (κ3) is 6.19. The number of phenols is 1. The molecule has 0 amide bonds. The van der Waals surface area contributed by atoms with Crippen molar-refractivity contribution in [3.8, 4) is 5.75 Å². The van der Waals surface area contributed by atoms with Crippen LogP contribution in [0.25, 0.3) is 0 Å². The van der Waals surface area contributed by atoms with Gasteiger partial charge in [-0.15, -0.1) is 0 Å². The second kappa shape index (κ2) is 9.83. The molecular weight excluding hydrogens is 352 g/mol. The number of nitrogens with zero attached hydrogens (tertiary/aromatic N) is 1.